The molecule has 4 aromatic rings. The number of fused-ring (bicyclic) bond motifs is 4. The van der Waals surface area contributed by atoms with Crippen molar-refractivity contribution in [2.24, 2.45) is 0 Å². The van der Waals surface area contributed by atoms with Crippen LogP contribution < -0.4 is 5.32 Å². The van der Waals surface area contributed by atoms with Crippen LogP contribution in [0.1, 0.15) is 42.0 Å². The van der Waals surface area contributed by atoms with E-state index < -0.39 is 0 Å². The largest absolute Gasteiger partial charge is 0.371 e. The molecule has 2 aliphatic heterocycles. The zero-order chi connectivity index (χ0) is 22.1. The number of para-hydroxylation sites is 2. The third kappa shape index (κ3) is 3.77. The Balaban J connectivity index is 1.25. The van der Waals surface area contributed by atoms with Crippen molar-refractivity contribution >= 4 is 5.69 Å². The minimum atomic E-state index is -0.0227. The van der Waals surface area contributed by atoms with Crippen LogP contribution in [0.3, 0.4) is 0 Å². The highest BCUT2D eigenvalue weighted by atomic mass is 15.2. The Morgan fingerprint density at radius 2 is 1.48 bits per heavy atom. The van der Waals surface area contributed by atoms with Crippen LogP contribution in [0.15, 0.2) is 103 Å². The van der Waals surface area contributed by atoms with Crippen LogP contribution in [-0.4, -0.2) is 29.1 Å². The van der Waals surface area contributed by atoms with Crippen molar-refractivity contribution in [1.29, 1.82) is 0 Å². The van der Waals surface area contributed by atoms with Crippen molar-refractivity contribution in [2.75, 3.05) is 25.0 Å². The average molecular weight is 434 g/mol. The third-order valence-corrected chi connectivity index (χ3v) is 7.49. The number of nitrogens with one attached hydrogen (secondary N) is 1. The Morgan fingerprint density at radius 1 is 0.788 bits per heavy atom. The molecule has 3 nitrogen and oxygen atoms in total. The van der Waals surface area contributed by atoms with E-state index >= 15 is 0 Å². The summed E-state index contributed by atoms with van der Waals surface area (Å²) >= 11 is 0. The van der Waals surface area contributed by atoms with E-state index in [-0.39, 0.29) is 5.54 Å². The number of likely N-dealkylation sites (tertiary alicyclic amines) is 1. The van der Waals surface area contributed by atoms with Gasteiger partial charge in [0.05, 0.1) is 16.9 Å². The molecule has 0 amide bonds. The van der Waals surface area contributed by atoms with E-state index in [9.17, 15) is 0 Å². The zero-order valence-corrected chi connectivity index (χ0v) is 19.0. The molecule has 0 bridgehead atoms. The van der Waals surface area contributed by atoms with Gasteiger partial charge in [0.25, 0.3) is 0 Å². The number of nitrogens with zero attached hydrogens (tertiary/aromatic N) is 2. The molecule has 1 saturated heterocycles. The summed E-state index contributed by atoms with van der Waals surface area (Å²) < 4.78 is 2.39. The first kappa shape index (κ1) is 20.3. The molecular formula is C30H31N3. The van der Waals surface area contributed by atoms with Crippen molar-refractivity contribution in [1.82, 2.24) is 9.47 Å². The van der Waals surface area contributed by atoms with E-state index in [0.29, 0.717) is 5.92 Å². The zero-order valence-electron chi connectivity index (χ0n) is 19.0. The monoisotopic (exact) mass is 433 g/mol. The summed E-state index contributed by atoms with van der Waals surface area (Å²) in [6, 6.07) is 35.2. The van der Waals surface area contributed by atoms with Gasteiger partial charge in [0, 0.05) is 24.4 Å². The minimum Gasteiger partial charge on any atom is -0.371 e. The first-order valence-corrected chi connectivity index (χ1v) is 12.2. The fourth-order valence-corrected chi connectivity index (χ4v) is 5.95. The third-order valence-electron chi connectivity index (χ3n) is 7.49. The summed E-state index contributed by atoms with van der Waals surface area (Å²) in [5.41, 5.74) is 6.70. The molecular weight excluding hydrogens is 402 g/mol. The van der Waals surface area contributed by atoms with Crippen LogP contribution >= 0.6 is 0 Å². The van der Waals surface area contributed by atoms with Crippen LogP contribution in [0, 0.1) is 0 Å². The van der Waals surface area contributed by atoms with Crippen molar-refractivity contribution in [3.8, 4) is 5.69 Å². The van der Waals surface area contributed by atoms with Gasteiger partial charge in [-0.05, 0) is 67.7 Å². The second-order valence-electron chi connectivity index (χ2n) is 9.53. The highest BCUT2D eigenvalue weighted by molar-refractivity contribution is 5.67. The van der Waals surface area contributed by atoms with E-state index in [4.69, 9.17) is 0 Å². The summed E-state index contributed by atoms with van der Waals surface area (Å²) in [5, 5.41) is 3.97. The average Bonchev–Trinajstić information content (AvgIpc) is 3.38. The maximum Gasteiger partial charge on any atom is 0.0908 e. The number of benzene rings is 3. The predicted molar refractivity (Wildman–Crippen MR) is 136 cm³/mol. The molecule has 1 fully saturated rings. The molecule has 0 aliphatic carbocycles. The summed E-state index contributed by atoms with van der Waals surface area (Å²) in [6.45, 7) is 3.31. The van der Waals surface area contributed by atoms with Gasteiger partial charge in [0.15, 0.2) is 0 Å². The number of aromatic nitrogens is 1. The van der Waals surface area contributed by atoms with E-state index in [0.717, 1.165) is 19.5 Å². The molecule has 166 valence electrons. The van der Waals surface area contributed by atoms with Crippen LogP contribution in [0.25, 0.3) is 5.69 Å². The SMILES string of the molecule is c1ccc(C(CCN2CCC[C@]3(C2)Nc2ccccc2-n2cccc23)c2ccccc2)cc1. The molecule has 3 heteroatoms. The Labute approximate surface area is 196 Å². The van der Waals surface area contributed by atoms with Crippen LogP contribution in [-0.2, 0) is 5.54 Å². The number of rotatable bonds is 5. The van der Waals surface area contributed by atoms with Crippen LogP contribution in [0.5, 0.6) is 0 Å². The number of hydrogen-bond donors (Lipinski definition) is 1. The first-order chi connectivity index (χ1) is 16.3. The molecule has 0 radical (unpaired) electrons. The number of piperidine rings is 1. The molecule has 1 aromatic heterocycles. The Kier molecular flexibility index (Phi) is 5.27. The van der Waals surface area contributed by atoms with E-state index in [2.05, 4.69) is 118 Å². The highest BCUT2D eigenvalue weighted by Crippen LogP contribution is 2.42. The topological polar surface area (TPSA) is 20.2 Å². The minimum absolute atomic E-state index is 0.0227. The Morgan fingerprint density at radius 3 is 2.24 bits per heavy atom. The second kappa shape index (κ2) is 8.57. The molecule has 1 atom stereocenters. The second-order valence-corrected chi connectivity index (χ2v) is 9.53. The van der Waals surface area contributed by atoms with Crippen LogP contribution in [0.2, 0.25) is 0 Å². The lowest BCUT2D eigenvalue weighted by molar-refractivity contribution is 0.153. The standard InChI is InChI=1S/C30H31N3/c1-3-11-24(12-4-1)26(25-13-5-2-6-14-25)18-22-32-20-10-19-30(23-32)29-17-9-21-33(29)28-16-8-7-15-27(28)31-30/h1-9,11-17,21,26,31H,10,18-20,22-23H2/t30-/m1/s1. The quantitative estimate of drug-likeness (QED) is 0.392. The van der Waals surface area contributed by atoms with Gasteiger partial charge < -0.3 is 14.8 Å². The molecule has 3 aromatic carbocycles. The fourth-order valence-electron chi connectivity index (χ4n) is 5.95. The number of anilines is 1. The smallest absolute Gasteiger partial charge is 0.0908 e. The normalized spacial score (nSPS) is 19.8. The maximum absolute atomic E-state index is 3.97. The molecule has 1 N–H and O–H groups in total. The lowest BCUT2D eigenvalue weighted by Crippen LogP contribution is -2.53. The van der Waals surface area contributed by atoms with Gasteiger partial charge in [0.2, 0.25) is 0 Å². The van der Waals surface area contributed by atoms with Crippen molar-refractivity contribution in [3.63, 3.8) is 0 Å². The molecule has 6 rings (SSSR count). The van der Waals surface area contributed by atoms with Crippen molar-refractivity contribution in [3.05, 3.63) is 120 Å². The summed E-state index contributed by atoms with van der Waals surface area (Å²) in [7, 11) is 0. The van der Waals surface area contributed by atoms with E-state index in [1.807, 2.05) is 0 Å². The highest BCUT2D eigenvalue weighted by Gasteiger charge is 2.42. The molecule has 2 aliphatic rings. The Hall–Kier alpha value is -3.30. The van der Waals surface area contributed by atoms with Gasteiger partial charge >= 0.3 is 0 Å². The van der Waals surface area contributed by atoms with Gasteiger partial charge in [-0.25, -0.2) is 0 Å². The molecule has 33 heavy (non-hydrogen) atoms. The lowest BCUT2D eigenvalue weighted by atomic mass is 9.83. The predicted octanol–water partition coefficient (Wildman–Crippen LogP) is 6.42. The van der Waals surface area contributed by atoms with Crippen molar-refractivity contribution in [2.45, 2.75) is 30.7 Å². The number of hydrogen-bond acceptors (Lipinski definition) is 2. The van der Waals surface area contributed by atoms with Gasteiger partial charge in [-0.1, -0.05) is 72.8 Å². The Bertz CT molecular complexity index is 1170. The van der Waals surface area contributed by atoms with Gasteiger partial charge in [-0.3, -0.25) is 0 Å². The van der Waals surface area contributed by atoms with E-state index in [1.54, 1.807) is 0 Å². The summed E-state index contributed by atoms with van der Waals surface area (Å²) in [6.07, 6.45) is 5.72. The van der Waals surface area contributed by atoms with Gasteiger partial charge in [-0.2, -0.15) is 0 Å². The molecule has 0 unspecified atom stereocenters. The van der Waals surface area contributed by atoms with Gasteiger partial charge in [0.1, 0.15) is 0 Å². The van der Waals surface area contributed by atoms with Crippen molar-refractivity contribution < 1.29 is 0 Å². The van der Waals surface area contributed by atoms with Crippen LogP contribution in [0.4, 0.5) is 5.69 Å². The first-order valence-electron chi connectivity index (χ1n) is 12.2. The molecule has 0 saturated carbocycles. The lowest BCUT2D eigenvalue weighted by Gasteiger charge is -2.47. The summed E-state index contributed by atoms with van der Waals surface area (Å²) in [5.74, 6) is 0.425. The van der Waals surface area contributed by atoms with Gasteiger partial charge in [-0.15, -0.1) is 0 Å². The maximum atomic E-state index is 3.97. The fraction of sp³-hybridized carbons (Fsp3) is 0.267. The molecule has 1 spiro atoms. The molecule has 3 heterocycles. The summed E-state index contributed by atoms with van der Waals surface area (Å²) in [4.78, 5) is 2.68. The van der Waals surface area contributed by atoms with E-state index in [1.165, 1.54) is 47.6 Å².